The molecule has 0 amide bonds. The number of nitrogens with one attached hydrogen (secondary N) is 1. The van der Waals surface area contributed by atoms with Crippen LogP contribution in [0.1, 0.15) is 17.4 Å². The number of aromatic nitrogens is 3. The summed E-state index contributed by atoms with van der Waals surface area (Å²) in [4.78, 5) is 8.59. The summed E-state index contributed by atoms with van der Waals surface area (Å²) in [7, 11) is 0. The first kappa shape index (κ1) is 9.47. The molecule has 0 bridgehead atoms. The monoisotopic (exact) mass is 216 g/mol. The van der Waals surface area contributed by atoms with Gasteiger partial charge >= 0.3 is 0 Å². The summed E-state index contributed by atoms with van der Waals surface area (Å²) in [5.41, 5.74) is 1.91. The maximum Gasteiger partial charge on any atom is 0.232 e. The second kappa shape index (κ2) is 3.68. The highest BCUT2D eigenvalue weighted by Crippen LogP contribution is 2.21. The van der Waals surface area contributed by atoms with Crippen LogP contribution in [0.15, 0.2) is 22.9 Å². The van der Waals surface area contributed by atoms with E-state index in [4.69, 9.17) is 4.52 Å². The van der Waals surface area contributed by atoms with E-state index in [1.807, 2.05) is 19.1 Å². The number of aryl methyl sites for hydroxylation is 1. The quantitative estimate of drug-likeness (QED) is 0.815. The third-order valence-corrected chi connectivity index (χ3v) is 2.72. The van der Waals surface area contributed by atoms with Crippen LogP contribution in [0.2, 0.25) is 0 Å². The molecule has 1 aliphatic rings. The second-order valence-electron chi connectivity index (χ2n) is 4.03. The van der Waals surface area contributed by atoms with Crippen LogP contribution in [-0.4, -0.2) is 28.2 Å². The minimum atomic E-state index is 0.367. The van der Waals surface area contributed by atoms with Gasteiger partial charge in [-0.05, 0) is 24.6 Å². The molecule has 3 rings (SSSR count). The molecular formula is C11H12N4O. The summed E-state index contributed by atoms with van der Waals surface area (Å²) in [6.07, 6.45) is 1.76. The summed E-state index contributed by atoms with van der Waals surface area (Å²) in [6, 6.07) is 3.90. The standard InChI is InChI=1S/C11H12N4O/c1-7-2-3-13-9(4-7)10-14-11(16-15-10)8-5-12-6-8/h2-4,8,12H,5-6H2,1H3. The van der Waals surface area contributed by atoms with Gasteiger partial charge in [-0.15, -0.1) is 0 Å². The predicted molar refractivity (Wildman–Crippen MR) is 57.9 cm³/mol. The first-order valence-corrected chi connectivity index (χ1v) is 5.30. The molecule has 0 spiro atoms. The Hall–Kier alpha value is -1.75. The van der Waals surface area contributed by atoms with Gasteiger partial charge in [-0.3, -0.25) is 4.98 Å². The van der Waals surface area contributed by atoms with Crippen LogP contribution < -0.4 is 5.32 Å². The Morgan fingerprint density at radius 3 is 3.00 bits per heavy atom. The van der Waals surface area contributed by atoms with Gasteiger partial charge in [0.05, 0.1) is 5.92 Å². The van der Waals surface area contributed by atoms with Gasteiger partial charge in [-0.1, -0.05) is 5.16 Å². The highest BCUT2D eigenvalue weighted by molar-refractivity contribution is 5.49. The maximum absolute atomic E-state index is 5.22. The van der Waals surface area contributed by atoms with Gasteiger partial charge < -0.3 is 9.84 Å². The fraction of sp³-hybridized carbons (Fsp3) is 0.364. The third kappa shape index (κ3) is 1.59. The summed E-state index contributed by atoms with van der Waals surface area (Å²) in [6.45, 7) is 3.85. The van der Waals surface area contributed by atoms with Crippen molar-refractivity contribution in [1.29, 1.82) is 0 Å². The number of nitrogens with zero attached hydrogens (tertiary/aromatic N) is 3. The van der Waals surface area contributed by atoms with Gasteiger partial charge in [0.1, 0.15) is 5.69 Å². The van der Waals surface area contributed by atoms with Crippen molar-refractivity contribution in [3.8, 4) is 11.5 Å². The lowest BCUT2D eigenvalue weighted by Crippen LogP contribution is -2.40. The highest BCUT2D eigenvalue weighted by Gasteiger charge is 2.25. The second-order valence-corrected chi connectivity index (χ2v) is 4.03. The fourth-order valence-electron chi connectivity index (χ4n) is 1.63. The van der Waals surface area contributed by atoms with Gasteiger partial charge in [-0.2, -0.15) is 4.98 Å². The SMILES string of the molecule is Cc1ccnc(-c2noc(C3CNC3)n2)c1. The van der Waals surface area contributed by atoms with Crippen LogP contribution in [-0.2, 0) is 0 Å². The minimum Gasteiger partial charge on any atom is -0.339 e. The van der Waals surface area contributed by atoms with E-state index in [1.165, 1.54) is 0 Å². The lowest BCUT2D eigenvalue weighted by molar-refractivity contribution is 0.308. The maximum atomic E-state index is 5.22. The molecule has 5 heteroatoms. The van der Waals surface area contributed by atoms with Gasteiger partial charge in [0.25, 0.3) is 0 Å². The Kier molecular flexibility index (Phi) is 2.18. The number of hydrogen-bond donors (Lipinski definition) is 1. The molecule has 0 radical (unpaired) electrons. The van der Waals surface area contributed by atoms with E-state index >= 15 is 0 Å². The smallest absolute Gasteiger partial charge is 0.232 e. The first-order chi connectivity index (χ1) is 7.83. The van der Waals surface area contributed by atoms with Crippen molar-refractivity contribution >= 4 is 0 Å². The summed E-state index contributed by atoms with van der Waals surface area (Å²) in [5, 5.41) is 7.13. The van der Waals surface area contributed by atoms with Crippen LogP contribution in [0.5, 0.6) is 0 Å². The van der Waals surface area contributed by atoms with Crippen molar-refractivity contribution < 1.29 is 4.52 Å². The number of pyridine rings is 1. The van der Waals surface area contributed by atoms with E-state index in [2.05, 4.69) is 20.4 Å². The molecule has 0 aromatic carbocycles. The van der Waals surface area contributed by atoms with E-state index in [9.17, 15) is 0 Å². The van der Waals surface area contributed by atoms with Gasteiger partial charge in [0.2, 0.25) is 11.7 Å². The van der Waals surface area contributed by atoms with E-state index < -0.39 is 0 Å². The van der Waals surface area contributed by atoms with Crippen molar-refractivity contribution in [2.75, 3.05) is 13.1 Å². The average molecular weight is 216 g/mol. The summed E-state index contributed by atoms with van der Waals surface area (Å²) < 4.78 is 5.22. The van der Waals surface area contributed by atoms with E-state index in [0.29, 0.717) is 17.6 Å². The molecule has 0 aliphatic carbocycles. The van der Waals surface area contributed by atoms with Gasteiger partial charge in [-0.25, -0.2) is 0 Å². The molecule has 5 nitrogen and oxygen atoms in total. The molecule has 2 aromatic rings. The van der Waals surface area contributed by atoms with Crippen molar-refractivity contribution in [1.82, 2.24) is 20.4 Å². The van der Waals surface area contributed by atoms with Crippen LogP contribution in [0.25, 0.3) is 11.5 Å². The minimum absolute atomic E-state index is 0.367. The molecule has 1 N–H and O–H groups in total. The Bertz CT molecular complexity index is 504. The van der Waals surface area contributed by atoms with Crippen molar-refractivity contribution in [2.45, 2.75) is 12.8 Å². The molecule has 1 aliphatic heterocycles. The Morgan fingerprint density at radius 1 is 1.44 bits per heavy atom. The van der Waals surface area contributed by atoms with Crippen molar-refractivity contribution in [2.24, 2.45) is 0 Å². The Labute approximate surface area is 92.9 Å². The predicted octanol–water partition coefficient (Wildman–Crippen LogP) is 1.13. The van der Waals surface area contributed by atoms with Crippen molar-refractivity contribution in [3.63, 3.8) is 0 Å². The lowest BCUT2D eigenvalue weighted by Gasteiger charge is -2.22. The zero-order valence-electron chi connectivity index (χ0n) is 8.97. The molecular weight excluding hydrogens is 204 g/mol. The van der Waals surface area contributed by atoms with E-state index in [1.54, 1.807) is 6.20 Å². The topological polar surface area (TPSA) is 63.8 Å². The zero-order chi connectivity index (χ0) is 11.0. The summed E-state index contributed by atoms with van der Waals surface area (Å²) >= 11 is 0. The first-order valence-electron chi connectivity index (χ1n) is 5.30. The van der Waals surface area contributed by atoms with E-state index in [-0.39, 0.29) is 0 Å². The largest absolute Gasteiger partial charge is 0.339 e. The zero-order valence-corrected chi connectivity index (χ0v) is 8.97. The number of hydrogen-bond acceptors (Lipinski definition) is 5. The third-order valence-electron chi connectivity index (χ3n) is 2.72. The lowest BCUT2D eigenvalue weighted by atomic mass is 10.0. The van der Waals surface area contributed by atoms with Crippen LogP contribution in [0, 0.1) is 6.92 Å². The Morgan fingerprint density at radius 2 is 2.31 bits per heavy atom. The molecule has 1 fully saturated rings. The molecule has 0 unspecified atom stereocenters. The Balaban J connectivity index is 1.91. The van der Waals surface area contributed by atoms with E-state index in [0.717, 1.165) is 24.3 Å². The van der Waals surface area contributed by atoms with Crippen LogP contribution >= 0.6 is 0 Å². The molecule has 16 heavy (non-hydrogen) atoms. The van der Waals surface area contributed by atoms with Crippen LogP contribution in [0.4, 0.5) is 0 Å². The number of rotatable bonds is 2. The van der Waals surface area contributed by atoms with Crippen LogP contribution in [0.3, 0.4) is 0 Å². The molecule has 2 aromatic heterocycles. The molecule has 0 saturated carbocycles. The fourth-order valence-corrected chi connectivity index (χ4v) is 1.63. The van der Waals surface area contributed by atoms with Gasteiger partial charge in [0, 0.05) is 19.3 Å². The average Bonchev–Trinajstić information content (AvgIpc) is 2.64. The highest BCUT2D eigenvalue weighted by atomic mass is 16.5. The molecule has 3 heterocycles. The van der Waals surface area contributed by atoms with Gasteiger partial charge in [0.15, 0.2) is 0 Å². The molecule has 1 saturated heterocycles. The van der Waals surface area contributed by atoms with Crippen molar-refractivity contribution in [3.05, 3.63) is 29.8 Å². The summed E-state index contributed by atoms with van der Waals surface area (Å²) in [5.74, 6) is 1.65. The molecule has 0 atom stereocenters. The molecule has 82 valence electrons. The normalized spacial score (nSPS) is 16.1.